The predicted molar refractivity (Wildman–Crippen MR) is 70.0 cm³/mol. The average molecular weight is 243 g/mol. The molecule has 0 spiro atoms. The minimum absolute atomic E-state index is 0.859. The molecule has 0 N–H and O–H groups in total. The number of rotatable bonds is 6. The zero-order valence-corrected chi connectivity index (χ0v) is 12.0. The molecular formula is C10H21N3SSi. The summed E-state index contributed by atoms with van der Waals surface area (Å²) in [7, 11) is -0.859. The molecule has 0 fully saturated rings. The van der Waals surface area contributed by atoms with E-state index in [1.165, 1.54) is 11.8 Å². The maximum atomic E-state index is 4.12. The van der Waals surface area contributed by atoms with E-state index in [2.05, 4.69) is 36.9 Å². The van der Waals surface area contributed by atoms with Crippen molar-refractivity contribution in [2.45, 2.75) is 44.9 Å². The van der Waals surface area contributed by atoms with Crippen LogP contribution >= 0.6 is 11.8 Å². The lowest BCUT2D eigenvalue weighted by Crippen LogP contribution is -2.19. The van der Waals surface area contributed by atoms with Crippen molar-refractivity contribution < 1.29 is 0 Å². The van der Waals surface area contributed by atoms with Gasteiger partial charge in [-0.2, -0.15) is 11.8 Å². The van der Waals surface area contributed by atoms with Crippen molar-refractivity contribution in [3.8, 4) is 0 Å². The second-order valence-corrected chi connectivity index (χ2v) is 11.7. The van der Waals surface area contributed by atoms with Crippen molar-refractivity contribution in [2.75, 3.05) is 5.75 Å². The van der Waals surface area contributed by atoms with Crippen molar-refractivity contribution in [1.82, 2.24) is 15.0 Å². The molecule has 0 aliphatic rings. The molecule has 15 heavy (non-hydrogen) atoms. The lowest BCUT2D eigenvalue weighted by Gasteiger charge is -2.14. The van der Waals surface area contributed by atoms with Crippen molar-refractivity contribution in [2.24, 2.45) is 0 Å². The Morgan fingerprint density at radius 2 is 2.13 bits per heavy atom. The van der Waals surface area contributed by atoms with Crippen molar-refractivity contribution in [3.63, 3.8) is 0 Å². The summed E-state index contributed by atoms with van der Waals surface area (Å²) in [4.78, 5) is 0. The van der Waals surface area contributed by atoms with E-state index in [0.717, 1.165) is 18.0 Å². The monoisotopic (exact) mass is 243 g/mol. The van der Waals surface area contributed by atoms with Crippen LogP contribution in [-0.2, 0) is 12.3 Å². The Morgan fingerprint density at radius 3 is 2.67 bits per heavy atom. The molecule has 1 aromatic heterocycles. The van der Waals surface area contributed by atoms with Gasteiger partial charge in [-0.25, -0.2) is 0 Å². The van der Waals surface area contributed by atoms with E-state index in [4.69, 9.17) is 0 Å². The number of hydrogen-bond acceptors (Lipinski definition) is 3. The summed E-state index contributed by atoms with van der Waals surface area (Å²) < 4.78 is 1.88. The van der Waals surface area contributed by atoms with Gasteiger partial charge in [0, 0.05) is 26.6 Å². The van der Waals surface area contributed by atoms with Crippen LogP contribution in [0, 0.1) is 0 Å². The second kappa shape index (κ2) is 5.70. The maximum absolute atomic E-state index is 4.12. The number of hydrogen-bond donors (Lipinski definition) is 0. The molecule has 86 valence electrons. The molecule has 0 saturated heterocycles. The molecule has 1 heterocycles. The fraction of sp³-hybridized carbons (Fsp3) is 0.800. The molecule has 0 saturated carbocycles. The molecule has 3 nitrogen and oxygen atoms in total. The van der Waals surface area contributed by atoms with E-state index < -0.39 is 8.07 Å². The number of thioether (sulfide) groups is 1. The lowest BCUT2D eigenvalue weighted by molar-refractivity contribution is 0.626. The molecule has 1 rings (SSSR count). The van der Waals surface area contributed by atoms with Crippen LogP contribution in [0.4, 0.5) is 0 Å². The second-order valence-electron chi connectivity index (χ2n) is 4.93. The first kappa shape index (κ1) is 12.8. The van der Waals surface area contributed by atoms with Gasteiger partial charge in [0.1, 0.15) is 0 Å². The highest BCUT2D eigenvalue weighted by Crippen LogP contribution is 2.16. The Balaban J connectivity index is 2.20. The third-order valence-corrected chi connectivity index (χ3v) is 5.26. The molecule has 0 amide bonds. The zero-order valence-electron chi connectivity index (χ0n) is 10.2. The SMILES string of the molecule is CCn1cc(CSCC[Si](C)(C)C)nn1. The Bertz CT molecular complexity index is 293. The lowest BCUT2D eigenvalue weighted by atomic mass is 10.5. The smallest absolute Gasteiger partial charge is 0.0925 e. The van der Waals surface area contributed by atoms with Crippen LogP contribution in [0.5, 0.6) is 0 Å². The first-order chi connectivity index (χ1) is 7.01. The quantitative estimate of drug-likeness (QED) is 0.568. The summed E-state index contributed by atoms with van der Waals surface area (Å²) in [5.74, 6) is 2.26. The molecule has 0 unspecified atom stereocenters. The van der Waals surface area contributed by atoms with Crippen LogP contribution in [0.2, 0.25) is 25.7 Å². The Morgan fingerprint density at radius 1 is 1.40 bits per heavy atom. The van der Waals surface area contributed by atoms with Gasteiger partial charge in [0.05, 0.1) is 5.69 Å². The van der Waals surface area contributed by atoms with Gasteiger partial charge in [0.15, 0.2) is 0 Å². The summed E-state index contributed by atoms with van der Waals surface area (Å²) in [5.41, 5.74) is 1.11. The van der Waals surface area contributed by atoms with Gasteiger partial charge in [-0.15, -0.1) is 5.10 Å². The van der Waals surface area contributed by atoms with Gasteiger partial charge < -0.3 is 0 Å². The van der Waals surface area contributed by atoms with Crippen LogP contribution in [0.15, 0.2) is 6.20 Å². The summed E-state index contributed by atoms with van der Waals surface area (Å²) in [5, 5.41) is 8.15. The highest BCUT2D eigenvalue weighted by Gasteiger charge is 2.12. The van der Waals surface area contributed by atoms with E-state index in [0.29, 0.717) is 0 Å². The van der Waals surface area contributed by atoms with Gasteiger partial charge >= 0.3 is 0 Å². The Kier molecular flexibility index (Phi) is 4.85. The fourth-order valence-corrected chi connectivity index (χ4v) is 4.63. The standard InChI is InChI=1S/C10H21N3SSi/c1-5-13-8-10(11-12-13)9-14-6-7-15(2,3)4/h8H,5-7,9H2,1-4H3. The molecular weight excluding hydrogens is 222 g/mol. The molecule has 0 atom stereocenters. The predicted octanol–water partition coefficient (Wildman–Crippen LogP) is 2.87. The summed E-state index contributed by atoms with van der Waals surface area (Å²) in [6.07, 6.45) is 2.04. The van der Waals surface area contributed by atoms with Crippen LogP contribution in [0.25, 0.3) is 0 Å². The van der Waals surface area contributed by atoms with E-state index in [9.17, 15) is 0 Å². The average Bonchev–Trinajstić information content (AvgIpc) is 2.59. The molecule has 0 aliphatic carbocycles. The van der Waals surface area contributed by atoms with Gasteiger partial charge in [0.25, 0.3) is 0 Å². The van der Waals surface area contributed by atoms with Gasteiger partial charge in [0.2, 0.25) is 0 Å². The summed E-state index contributed by atoms with van der Waals surface area (Å²) >= 11 is 1.98. The molecule has 0 aliphatic heterocycles. The van der Waals surface area contributed by atoms with Gasteiger partial charge in [-0.1, -0.05) is 24.9 Å². The third-order valence-electron chi connectivity index (χ3n) is 2.16. The third kappa shape index (κ3) is 5.37. The van der Waals surface area contributed by atoms with Gasteiger partial charge in [-0.05, 0) is 18.7 Å². The highest BCUT2D eigenvalue weighted by atomic mass is 32.2. The van der Waals surface area contributed by atoms with E-state index >= 15 is 0 Å². The van der Waals surface area contributed by atoms with Crippen LogP contribution < -0.4 is 0 Å². The number of aromatic nitrogens is 3. The normalized spacial score (nSPS) is 12.0. The molecule has 0 bridgehead atoms. The Hall–Kier alpha value is -0.293. The number of aryl methyl sites for hydroxylation is 1. The van der Waals surface area contributed by atoms with E-state index in [1.54, 1.807) is 0 Å². The topological polar surface area (TPSA) is 30.7 Å². The van der Waals surface area contributed by atoms with Crippen molar-refractivity contribution in [1.29, 1.82) is 0 Å². The zero-order chi connectivity index (χ0) is 11.3. The van der Waals surface area contributed by atoms with E-state index in [1.807, 2.05) is 22.6 Å². The number of nitrogens with zero attached hydrogens (tertiary/aromatic N) is 3. The highest BCUT2D eigenvalue weighted by molar-refractivity contribution is 7.98. The fourth-order valence-electron chi connectivity index (χ4n) is 1.11. The molecule has 0 aromatic carbocycles. The van der Waals surface area contributed by atoms with Crippen molar-refractivity contribution >= 4 is 19.8 Å². The maximum Gasteiger partial charge on any atom is 0.0925 e. The summed E-state index contributed by atoms with van der Waals surface area (Å²) in [6, 6.07) is 1.39. The molecule has 0 radical (unpaired) electrons. The van der Waals surface area contributed by atoms with Crippen LogP contribution in [0.3, 0.4) is 0 Å². The Labute approximate surface area is 97.7 Å². The molecule has 5 heteroatoms. The van der Waals surface area contributed by atoms with Crippen LogP contribution in [0.1, 0.15) is 12.6 Å². The first-order valence-electron chi connectivity index (χ1n) is 5.48. The summed E-state index contributed by atoms with van der Waals surface area (Å²) in [6.45, 7) is 10.2. The molecule has 1 aromatic rings. The van der Waals surface area contributed by atoms with Crippen molar-refractivity contribution in [3.05, 3.63) is 11.9 Å². The minimum atomic E-state index is -0.859. The van der Waals surface area contributed by atoms with Crippen LogP contribution in [-0.4, -0.2) is 28.8 Å². The largest absolute Gasteiger partial charge is 0.253 e. The minimum Gasteiger partial charge on any atom is -0.253 e. The first-order valence-corrected chi connectivity index (χ1v) is 10.3. The van der Waals surface area contributed by atoms with Gasteiger partial charge in [-0.3, -0.25) is 4.68 Å². The van der Waals surface area contributed by atoms with E-state index in [-0.39, 0.29) is 0 Å².